The van der Waals surface area contributed by atoms with Crippen molar-refractivity contribution in [1.29, 1.82) is 0 Å². The number of oxazole rings is 1. The summed E-state index contributed by atoms with van der Waals surface area (Å²) in [5.74, 6) is -0.276. The van der Waals surface area contributed by atoms with Crippen LogP contribution in [0.2, 0.25) is 18.1 Å². The monoisotopic (exact) mass is 335 g/mol. The number of carboxylic acids is 1. The fraction of sp³-hybridized carbons (Fsp3) is 0.529. The van der Waals surface area contributed by atoms with E-state index in [4.69, 9.17) is 8.84 Å². The molecule has 1 N–H and O–H groups in total. The Balaban J connectivity index is 2.38. The first kappa shape index (κ1) is 17.7. The first-order chi connectivity index (χ1) is 10.5. The van der Waals surface area contributed by atoms with Crippen molar-refractivity contribution in [3.63, 3.8) is 0 Å². The second-order valence-corrected chi connectivity index (χ2v) is 12.2. The normalized spacial score (nSPS) is 14.2. The van der Waals surface area contributed by atoms with E-state index in [0.29, 0.717) is 11.5 Å². The molecule has 126 valence electrons. The zero-order chi connectivity index (χ0) is 17.4. The molecule has 1 atom stereocenters. The molecular weight excluding hydrogens is 310 g/mol. The maximum absolute atomic E-state index is 11.3. The Morgan fingerprint density at radius 2 is 2.04 bits per heavy atom. The number of aliphatic carboxylic acids is 1. The smallest absolute Gasteiger partial charge is 0.306 e. The van der Waals surface area contributed by atoms with Gasteiger partial charge in [0.1, 0.15) is 5.52 Å². The summed E-state index contributed by atoms with van der Waals surface area (Å²) in [6.45, 7) is 12.5. The average Bonchev–Trinajstić information content (AvgIpc) is 2.74. The van der Waals surface area contributed by atoms with Crippen molar-refractivity contribution in [3.8, 4) is 0 Å². The van der Waals surface area contributed by atoms with Crippen LogP contribution in [0, 0.1) is 6.92 Å². The van der Waals surface area contributed by atoms with E-state index in [0.717, 1.165) is 11.1 Å². The number of hydrogen-bond donors (Lipinski definition) is 1. The SMILES string of the molecule is Cc1nc2cc(C(CC(=O)O)O[Si](C)(C)C(C)(C)C)ccc2o1. The van der Waals surface area contributed by atoms with Crippen molar-refractivity contribution in [3.05, 3.63) is 29.7 Å². The molecule has 0 saturated heterocycles. The van der Waals surface area contributed by atoms with Gasteiger partial charge in [0.2, 0.25) is 0 Å². The first-order valence-electron chi connectivity index (χ1n) is 7.76. The van der Waals surface area contributed by atoms with Crippen molar-refractivity contribution in [2.45, 2.75) is 58.4 Å². The molecule has 1 aromatic heterocycles. The largest absolute Gasteiger partial charge is 0.481 e. The molecule has 1 unspecified atom stereocenters. The van der Waals surface area contributed by atoms with Gasteiger partial charge in [0, 0.05) is 6.92 Å². The molecule has 0 bridgehead atoms. The molecule has 23 heavy (non-hydrogen) atoms. The van der Waals surface area contributed by atoms with Crippen molar-refractivity contribution < 1.29 is 18.7 Å². The zero-order valence-corrected chi connectivity index (χ0v) is 15.6. The van der Waals surface area contributed by atoms with Gasteiger partial charge in [-0.3, -0.25) is 4.79 Å². The number of nitrogens with zero attached hydrogens (tertiary/aromatic N) is 1. The van der Waals surface area contributed by atoms with E-state index in [1.165, 1.54) is 0 Å². The van der Waals surface area contributed by atoms with Gasteiger partial charge in [-0.2, -0.15) is 0 Å². The summed E-state index contributed by atoms with van der Waals surface area (Å²) in [7, 11) is -2.09. The van der Waals surface area contributed by atoms with Crippen LogP contribution in [0.5, 0.6) is 0 Å². The Labute approximate surface area is 137 Å². The minimum absolute atomic E-state index is 0.0122. The summed E-state index contributed by atoms with van der Waals surface area (Å²) in [6.07, 6.45) is -0.538. The molecule has 0 aliphatic rings. The molecule has 0 spiro atoms. The van der Waals surface area contributed by atoms with Gasteiger partial charge in [0.15, 0.2) is 19.8 Å². The van der Waals surface area contributed by atoms with E-state index in [2.05, 4.69) is 38.8 Å². The van der Waals surface area contributed by atoms with Crippen molar-refractivity contribution in [2.24, 2.45) is 0 Å². The molecule has 5 nitrogen and oxygen atoms in total. The third kappa shape index (κ3) is 4.00. The van der Waals surface area contributed by atoms with Crippen LogP contribution >= 0.6 is 0 Å². The predicted octanol–water partition coefficient (Wildman–Crippen LogP) is 4.67. The Bertz CT molecular complexity index is 715. The van der Waals surface area contributed by atoms with E-state index < -0.39 is 20.4 Å². The molecule has 0 aliphatic heterocycles. The predicted molar refractivity (Wildman–Crippen MR) is 92.0 cm³/mol. The Hall–Kier alpha value is -1.66. The number of carboxylic acid groups (broad SMARTS) is 1. The summed E-state index contributed by atoms with van der Waals surface area (Å²) in [4.78, 5) is 15.6. The number of hydrogen-bond acceptors (Lipinski definition) is 4. The van der Waals surface area contributed by atoms with Gasteiger partial charge in [0.05, 0.1) is 12.5 Å². The highest BCUT2D eigenvalue weighted by molar-refractivity contribution is 6.74. The molecule has 0 fully saturated rings. The lowest BCUT2D eigenvalue weighted by molar-refractivity contribution is -0.139. The van der Waals surface area contributed by atoms with Crippen molar-refractivity contribution >= 4 is 25.4 Å². The zero-order valence-electron chi connectivity index (χ0n) is 14.6. The van der Waals surface area contributed by atoms with Crippen LogP contribution in [0.15, 0.2) is 22.6 Å². The highest BCUT2D eigenvalue weighted by Crippen LogP contribution is 2.40. The summed E-state index contributed by atoms with van der Waals surface area (Å²) in [6, 6.07) is 5.56. The van der Waals surface area contributed by atoms with Crippen LogP contribution in [0.4, 0.5) is 0 Å². The third-order valence-corrected chi connectivity index (χ3v) is 8.98. The fourth-order valence-electron chi connectivity index (χ4n) is 2.18. The van der Waals surface area contributed by atoms with E-state index in [9.17, 15) is 9.90 Å². The van der Waals surface area contributed by atoms with Gasteiger partial charge in [-0.15, -0.1) is 0 Å². The second kappa shape index (κ2) is 6.09. The number of fused-ring (bicyclic) bond motifs is 1. The lowest BCUT2D eigenvalue weighted by Crippen LogP contribution is -2.42. The highest BCUT2D eigenvalue weighted by atomic mass is 28.4. The molecule has 0 aliphatic carbocycles. The lowest BCUT2D eigenvalue weighted by Gasteiger charge is -2.39. The Kier molecular flexibility index (Phi) is 4.68. The van der Waals surface area contributed by atoms with Crippen LogP contribution in [-0.4, -0.2) is 24.4 Å². The lowest BCUT2D eigenvalue weighted by atomic mass is 10.1. The van der Waals surface area contributed by atoms with Gasteiger partial charge >= 0.3 is 5.97 Å². The van der Waals surface area contributed by atoms with Gasteiger partial charge in [0.25, 0.3) is 0 Å². The van der Waals surface area contributed by atoms with E-state index >= 15 is 0 Å². The van der Waals surface area contributed by atoms with Crippen molar-refractivity contribution in [2.75, 3.05) is 0 Å². The fourth-order valence-corrected chi connectivity index (χ4v) is 3.46. The molecule has 2 rings (SSSR count). The van der Waals surface area contributed by atoms with E-state index in [1.807, 2.05) is 18.2 Å². The molecule has 1 aromatic carbocycles. The Morgan fingerprint density at radius 1 is 1.39 bits per heavy atom. The molecule has 0 saturated carbocycles. The molecular formula is C17H25NO4Si. The van der Waals surface area contributed by atoms with E-state index in [-0.39, 0.29) is 11.5 Å². The van der Waals surface area contributed by atoms with Crippen LogP contribution in [0.3, 0.4) is 0 Å². The van der Waals surface area contributed by atoms with Crippen LogP contribution in [0.1, 0.15) is 44.8 Å². The average molecular weight is 335 g/mol. The van der Waals surface area contributed by atoms with Gasteiger partial charge in [-0.05, 0) is 35.8 Å². The van der Waals surface area contributed by atoms with Crippen LogP contribution < -0.4 is 0 Å². The topological polar surface area (TPSA) is 72.6 Å². The van der Waals surface area contributed by atoms with Crippen LogP contribution in [0.25, 0.3) is 11.1 Å². The minimum Gasteiger partial charge on any atom is -0.481 e. The summed E-state index contributed by atoms with van der Waals surface area (Å²) >= 11 is 0. The Morgan fingerprint density at radius 3 is 2.61 bits per heavy atom. The number of aromatic nitrogens is 1. The number of rotatable bonds is 5. The highest BCUT2D eigenvalue weighted by Gasteiger charge is 2.40. The number of benzene rings is 1. The number of carbonyl (C=O) groups is 1. The molecule has 6 heteroatoms. The van der Waals surface area contributed by atoms with E-state index in [1.54, 1.807) is 6.92 Å². The first-order valence-corrected chi connectivity index (χ1v) is 10.7. The number of aryl methyl sites for hydroxylation is 1. The third-order valence-electron chi connectivity index (χ3n) is 4.49. The van der Waals surface area contributed by atoms with Crippen molar-refractivity contribution in [1.82, 2.24) is 4.98 Å². The molecule has 0 radical (unpaired) electrons. The summed E-state index contributed by atoms with van der Waals surface area (Å²) in [5.41, 5.74) is 2.26. The molecule has 1 heterocycles. The standard InChI is InChI=1S/C17H25NO4Si/c1-11-18-13-9-12(7-8-14(13)21-11)15(10-16(19)20)22-23(5,6)17(2,3)4/h7-9,15H,10H2,1-6H3,(H,19,20). The van der Waals surface area contributed by atoms with Gasteiger partial charge < -0.3 is 13.9 Å². The summed E-state index contributed by atoms with van der Waals surface area (Å²) < 4.78 is 11.8. The second-order valence-electron chi connectivity index (χ2n) is 7.42. The molecule has 2 aromatic rings. The molecule has 0 amide bonds. The summed E-state index contributed by atoms with van der Waals surface area (Å²) in [5, 5.41) is 9.28. The van der Waals surface area contributed by atoms with Gasteiger partial charge in [-0.25, -0.2) is 4.98 Å². The minimum atomic E-state index is -2.09. The van der Waals surface area contributed by atoms with Crippen LogP contribution in [-0.2, 0) is 9.22 Å². The van der Waals surface area contributed by atoms with Gasteiger partial charge in [-0.1, -0.05) is 26.8 Å². The maximum Gasteiger partial charge on any atom is 0.306 e. The maximum atomic E-state index is 11.3. The quantitative estimate of drug-likeness (QED) is 0.804.